The van der Waals surface area contributed by atoms with Crippen molar-refractivity contribution in [1.82, 2.24) is 0 Å². The molecule has 4 heteroatoms. The summed E-state index contributed by atoms with van der Waals surface area (Å²) in [5.41, 5.74) is 4.88. The van der Waals surface area contributed by atoms with E-state index < -0.39 is 11.8 Å². The molecule has 1 fully saturated rings. The lowest BCUT2D eigenvalue weighted by atomic mass is 10.0. The largest absolute Gasteiger partial charge is 0.478 e. The van der Waals surface area contributed by atoms with E-state index in [2.05, 4.69) is 60.1 Å². The summed E-state index contributed by atoms with van der Waals surface area (Å²) >= 11 is 0. The normalized spacial score (nSPS) is 13.3. The van der Waals surface area contributed by atoms with Crippen LogP contribution in [0.1, 0.15) is 78.1 Å². The zero-order valence-electron chi connectivity index (χ0n) is 21.0. The summed E-state index contributed by atoms with van der Waals surface area (Å²) in [6.07, 6.45) is 8.34. The summed E-state index contributed by atoms with van der Waals surface area (Å²) in [7, 11) is 0. The lowest BCUT2D eigenvalue weighted by Crippen LogP contribution is -2.28. The average molecular weight is 484 g/mol. The molecule has 1 aliphatic rings. The standard InChI is InChI=1S/C32H34FNO2/c1-2-3-6-24-9-11-25(12-10-24)13-14-26-15-17-28(18-16-26)23-34(22-27-7-4-5-8-27)29-19-20-31(33)30(21-29)32(35)36/h9-12,15-21,27H,2-8,22-23H2,1H3,(H,35,36). The predicted octanol–water partition coefficient (Wildman–Crippen LogP) is 7.46. The number of carboxylic acid groups (broad SMARTS) is 1. The average Bonchev–Trinajstić information content (AvgIpc) is 3.40. The number of rotatable bonds is 9. The molecule has 0 unspecified atom stereocenters. The third-order valence-electron chi connectivity index (χ3n) is 6.95. The molecule has 1 saturated carbocycles. The van der Waals surface area contributed by atoms with E-state index in [9.17, 15) is 14.3 Å². The highest BCUT2D eigenvalue weighted by molar-refractivity contribution is 5.89. The molecule has 3 aromatic carbocycles. The number of carboxylic acids is 1. The lowest BCUT2D eigenvalue weighted by molar-refractivity contribution is 0.0692. The molecule has 0 aromatic heterocycles. The number of benzene rings is 3. The van der Waals surface area contributed by atoms with Gasteiger partial charge in [-0.3, -0.25) is 0 Å². The maximum absolute atomic E-state index is 14.0. The molecular weight excluding hydrogens is 449 g/mol. The monoisotopic (exact) mass is 483 g/mol. The number of hydrogen-bond acceptors (Lipinski definition) is 2. The van der Waals surface area contributed by atoms with Gasteiger partial charge in [0.1, 0.15) is 5.82 Å². The molecule has 3 nitrogen and oxygen atoms in total. The van der Waals surface area contributed by atoms with Crippen molar-refractivity contribution in [3.63, 3.8) is 0 Å². The van der Waals surface area contributed by atoms with Crippen LogP contribution in [0.2, 0.25) is 0 Å². The van der Waals surface area contributed by atoms with Crippen molar-refractivity contribution in [2.45, 2.75) is 58.4 Å². The van der Waals surface area contributed by atoms with Gasteiger partial charge in [0.25, 0.3) is 0 Å². The van der Waals surface area contributed by atoms with Gasteiger partial charge in [-0.2, -0.15) is 0 Å². The first-order valence-corrected chi connectivity index (χ1v) is 13.0. The molecule has 0 atom stereocenters. The SMILES string of the molecule is CCCCc1ccc(C#Cc2ccc(CN(CC3CCCC3)c3ccc(F)c(C(=O)O)c3)cc2)cc1. The minimum atomic E-state index is -1.24. The van der Waals surface area contributed by atoms with Gasteiger partial charge in [0, 0.05) is 29.9 Å². The van der Waals surface area contributed by atoms with Crippen molar-refractivity contribution >= 4 is 11.7 Å². The van der Waals surface area contributed by atoms with Crippen molar-refractivity contribution < 1.29 is 14.3 Å². The summed E-state index contributed by atoms with van der Waals surface area (Å²) in [6, 6.07) is 21.1. The third kappa shape index (κ3) is 6.98. The minimum absolute atomic E-state index is 0.284. The van der Waals surface area contributed by atoms with Gasteiger partial charge in [0.15, 0.2) is 0 Å². The molecule has 1 aliphatic carbocycles. The Bertz CT molecular complexity index is 1220. The molecule has 0 aliphatic heterocycles. The summed E-state index contributed by atoms with van der Waals surface area (Å²) in [5, 5.41) is 9.39. The molecule has 0 bridgehead atoms. The van der Waals surface area contributed by atoms with Crippen molar-refractivity contribution in [3.05, 3.63) is 100 Å². The van der Waals surface area contributed by atoms with Crippen molar-refractivity contribution in [3.8, 4) is 11.8 Å². The molecule has 0 heterocycles. The van der Waals surface area contributed by atoms with Crippen LogP contribution in [0.4, 0.5) is 10.1 Å². The fourth-order valence-electron chi connectivity index (χ4n) is 4.83. The van der Waals surface area contributed by atoms with Crippen LogP contribution in [0.5, 0.6) is 0 Å². The molecule has 1 N–H and O–H groups in total. The fraction of sp³-hybridized carbons (Fsp3) is 0.344. The van der Waals surface area contributed by atoms with Crippen LogP contribution >= 0.6 is 0 Å². The van der Waals surface area contributed by atoms with E-state index in [0.29, 0.717) is 12.5 Å². The molecule has 186 valence electrons. The Morgan fingerprint density at radius 1 is 0.944 bits per heavy atom. The molecule has 4 rings (SSSR count). The lowest BCUT2D eigenvalue weighted by Gasteiger charge is -2.28. The molecule has 0 amide bonds. The molecule has 0 saturated heterocycles. The van der Waals surface area contributed by atoms with Gasteiger partial charge >= 0.3 is 5.97 Å². The number of anilines is 1. The van der Waals surface area contributed by atoms with E-state index in [1.165, 1.54) is 56.2 Å². The number of aryl methyl sites for hydroxylation is 1. The van der Waals surface area contributed by atoms with Gasteiger partial charge in [0.2, 0.25) is 0 Å². The highest BCUT2D eigenvalue weighted by Crippen LogP contribution is 2.29. The highest BCUT2D eigenvalue weighted by atomic mass is 19.1. The quantitative estimate of drug-likeness (QED) is 0.321. The zero-order valence-corrected chi connectivity index (χ0v) is 21.0. The van der Waals surface area contributed by atoms with Gasteiger partial charge < -0.3 is 10.0 Å². The predicted molar refractivity (Wildman–Crippen MR) is 144 cm³/mol. The first-order valence-electron chi connectivity index (χ1n) is 13.0. The number of halogens is 1. The van der Waals surface area contributed by atoms with Crippen LogP contribution in [-0.2, 0) is 13.0 Å². The highest BCUT2D eigenvalue weighted by Gasteiger charge is 2.21. The van der Waals surface area contributed by atoms with Gasteiger partial charge in [-0.1, -0.05) is 62.3 Å². The molecule has 0 spiro atoms. The van der Waals surface area contributed by atoms with E-state index in [1.807, 2.05) is 12.1 Å². The Labute approximate surface area is 214 Å². The van der Waals surface area contributed by atoms with Crippen LogP contribution < -0.4 is 4.90 Å². The van der Waals surface area contributed by atoms with Crippen LogP contribution in [0, 0.1) is 23.6 Å². The Morgan fingerprint density at radius 3 is 2.14 bits per heavy atom. The number of hydrogen-bond donors (Lipinski definition) is 1. The molecule has 3 aromatic rings. The molecule has 36 heavy (non-hydrogen) atoms. The Hall–Kier alpha value is -3.58. The van der Waals surface area contributed by atoms with Gasteiger partial charge in [-0.05, 0) is 85.2 Å². The van der Waals surface area contributed by atoms with Gasteiger partial charge in [-0.25, -0.2) is 9.18 Å². The summed E-state index contributed by atoms with van der Waals surface area (Å²) in [4.78, 5) is 13.7. The number of carbonyl (C=O) groups is 1. The Balaban J connectivity index is 1.47. The number of nitrogens with zero attached hydrogens (tertiary/aromatic N) is 1. The molecule has 0 radical (unpaired) electrons. The second-order valence-corrected chi connectivity index (χ2v) is 9.75. The van der Waals surface area contributed by atoms with E-state index in [-0.39, 0.29) is 5.56 Å². The second kappa shape index (κ2) is 12.4. The number of unbranched alkanes of at least 4 members (excludes halogenated alkanes) is 1. The van der Waals surface area contributed by atoms with E-state index in [0.717, 1.165) is 35.3 Å². The van der Waals surface area contributed by atoms with Crippen LogP contribution in [0.15, 0.2) is 66.7 Å². The van der Waals surface area contributed by atoms with Gasteiger partial charge in [0.05, 0.1) is 5.56 Å². The Kier molecular flexibility index (Phi) is 8.79. The second-order valence-electron chi connectivity index (χ2n) is 9.75. The maximum Gasteiger partial charge on any atom is 0.338 e. The Morgan fingerprint density at radius 2 is 1.56 bits per heavy atom. The summed E-state index contributed by atoms with van der Waals surface area (Å²) in [5.74, 6) is 5.13. The summed E-state index contributed by atoms with van der Waals surface area (Å²) in [6.45, 7) is 3.67. The van der Waals surface area contributed by atoms with Crippen LogP contribution in [0.25, 0.3) is 0 Å². The fourth-order valence-corrected chi connectivity index (χ4v) is 4.83. The topological polar surface area (TPSA) is 40.5 Å². The first kappa shape index (κ1) is 25.5. The van der Waals surface area contributed by atoms with Crippen LogP contribution in [0.3, 0.4) is 0 Å². The van der Waals surface area contributed by atoms with E-state index in [4.69, 9.17) is 0 Å². The van der Waals surface area contributed by atoms with Crippen LogP contribution in [-0.4, -0.2) is 17.6 Å². The first-order chi connectivity index (χ1) is 17.5. The minimum Gasteiger partial charge on any atom is -0.478 e. The van der Waals surface area contributed by atoms with Crippen molar-refractivity contribution in [2.75, 3.05) is 11.4 Å². The van der Waals surface area contributed by atoms with Crippen molar-refractivity contribution in [2.24, 2.45) is 5.92 Å². The van der Waals surface area contributed by atoms with Crippen molar-refractivity contribution in [1.29, 1.82) is 0 Å². The van der Waals surface area contributed by atoms with Gasteiger partial charge in [-0.15, -0.1) is 0 Å². The molecular formula is C32H34FNO2. The van der Waals surface area contributed by atoms with E-state index >= 15 is 0 Å². The smallest absolute Gasteiger partial charge is 0.338 e. The third-order valence-corrected chi connectivity index (χ3v) is 6.95. The summed E-state index contributed by atoms with van der Waals surface area (Å²) < 4.78 is 14.0. The zero-order chi connectivity index (χ0) is 25.3. The number of aromatic carboxylic acids is 1. The van der Waals surface area contributed by atoms with E-state index in [1.54, 1.807) is 6.07 Å². The maximum atomic E-state index is 14.0.